The molecule has 1 aromatic heterocycles. The second-order valence-corrected chi connectivity index (χ2v) is 6.56. The molecular weight excluding hydrogens is 331 g/mol. The predicted octanol–water partition coefficient (Wildman–Crippen LogP) is 2.80. The van der Waals surface area contributed by atoms with E-state index in [1.807, 2.05) is 20.8 Å². The monoisotopic (exact) mass is 354 g/mol. The lowest BCUT2D eigenvalue weighted by atomic mass is 9.93. The molecule has 2 aromatic rings. The summed E-state index contributed by atoms with van der Waals surface area (Å²) in [7, 11) is 1.76. The number of nitrogens with two attached hydrogens (primary N) is 1. The highest BCUT2D eigenvalue weighted by Crippen LogP contribution is 2.19. The second-order valence-electron chi connectivity index (χ2n) is 6.56. The Kier molecular flexibility index (Phi) is 6.51. The third-order valence-electron chi connectivity index (χ3n) is 3.88. The molecule has 2 rings (SSSR count). The number of hydrogen-bond acceptors (Lipinski definition) is 3. The summed E-state index contributed by atoms with van der Waals surface area (Å²) in [6, 6.07) is 6.00. The average molecular weight is 355 g/mol. The van der Waals surface area contributed by atoms with Crippen LogP contribution in [-0.2, 0) is 0 Å². The molecule has 1 aromatic carbocycles. The fraction of sp³-hybridized carbons (Fsp3) is 0.412. The summed E-state index contributed by atoms with van der Waals surface area (Å²) in [6.07, 6.45) is 1.55. The molecule has 0 atom stereocenters. The van der Waals surface area contributed by atoms with Crippen molar-refractivity contribution in [3.8, 4) is 5.69 Å². The molecule has 0 radical (unpaired) electrons. The highest BCUT2D eigenvalue weighted by Gasteiger charge is 2.24. The van der Waals surface area contributed by atoms with Gasteiger partial charge in [-0.05, 0) is 43.1 Å². The number of nitrogens with zero attached hydrogens (tertiary/aromatic N) is 3. The minimum absolute atomic E-state index is 0. The third-order valence-corrected chi connectivity index (χ3v) is 3.88. The average Bonchev–Trinajstić information content (AvgIpc) is 2.88. The number of rotatable bonds is 5. The summed E-state index contributed by atoms with van der Waals surface area (Å²) >= 11 is 0. The predicted molar refractivity (Wildman–Crippen MR) is 95.3 cm³/mol. The van der Waals surface area contributed by atoms with Gasteiger partial charge in [-0.2, -0.15) is 5.10 Å². The maximum absolute atomic E-state index is 13.0. The molecule has 0 unspecified atom stereocenters. The van der Waals surface area contributed by atoms with Gasteiger partial charge in [0.1, 0.15) is 5.82 Å². The van der Waals surface area contributed by atoms with E-state index < -0.39 is 0 Å². The quantitative estimate of drug-likeness (QED) is 0.898. The van der Waals surface area contributed by atoms with Gasteiger partial charge in [0, 0.05) is 13.6 Å². The van der Waals surface area contributed by atoms with Crippen molar-refractivity contribution in [2.24, 2.45) is 11.1 Å². The Balaban J connectivity index is 0.00000288. The third kappa shape index (κ3) is 4.33. The molecule has 0 aliphatic carbocycles. The lowest BCUT2D eigenvalue weighted by molar-refractivity contribution is 0.0740. The van der Waals surface area contributed by atoms with Crippen molar-refractivity contribution in [2.75, 3.05) is 20.1 Å². The van der Waals surface area contributed by atoms with Crippen molar-refractivity contribution in [2.45, 2.75) is 20.8 Å². The van der Waals surface area contributed by atoms with E-state index in [9.17, 15) is 9.18 Å². The molecule has 0 saturated heterocycles. The molecule has 1 heterocycles. The largest absolute Gasteiger partial charge is 0.341 e. The zero-order valence-electron chi connectivity index (χ0n) is 14.4. The first-order valence-electron chi connectivity index (χ1n) is 7.51. The molecule has 0 saturated carbocycles. The molecule has 2 N–H and O–H groups in total. The fourth-order valence-corrected chi connectivity index (χ4v) is 2.45. The Morgan fingerprint density at radius 3 is 2.46 bits per heavy atom. The van der Waals surface area contributed by atoms with Crippen molar-refractivity contribution >= 4 is 18.3 Å². The molecule has 0 fully saturated rings. The van der Waals surface area contributed by atoms with Gasteiger partial charge < -0.3 is 10.6 Å². The Hall–Kier alpha value is -1.92. The van der Waals surface area contributed by atoms with E-state index in [2.05, 4.69) is 5.10 Å². The zero-order chi connectivity index (χ0) is 17.2. The molecule has 5 nitrogen and oxygen atoms in total. The first kappa shape index (κ1) is 20.1. The van der Waals surface area contributed by atoms with Gasteiger partial charge in [-0.25, -0.2) is 9.07 Å². The van der Waals surface area contributed by atoms with Crippen LogP contribution in [0.5, 0.6) is 0 Å². The number of carbonyl (C=O) groups is 1. The summed E-state index contributed by atoms with van der Waals surface area (Å²) in [5, 5.41) is 4.26. The zero-order valence-corrected chi connectivity index (χ0v) is 15.2. The molecule has 0 bridgehead atoms. The summed E-state index contributed by atoms with van der Waals surface area (Å²) in [6.45, 7) is 6.92. The summed E-state index contributed by atoms with van der Waals surface area (Å²) in [5.74, 6) is -0.406. The number of aromatic nitrogens is 2. The van der Waals surface area contributed by atoms with Crippen molar-refractivity contribution in [3.05, 3.63) is 47.5 Å². The first-order valence-corrected chi connectivity index (χ1v) is 7.51. The van der Waals surface area contributed by atoms with Gasteiger partial charge in [0.05, 0.1) is 23.1 Å². The Morgan fingerprint density at radius 1 is 1.33 bits per heavy atom. The van der Waals surface area contributed by atoms with Gasteiger partial charge in [-0.15, -0.1) is 12.4 Å². The normalized spacial score (nSPS) is 11.1. The fourth-order valence-electron chi connectivity index (χ4n) is 2.45. The molecule has 132 valence electrons. The molecule has 1 amide bonds. The van der Waals surface area contributed by atoms with Crippen LogP contribution in [0.1, 0.15) is 29.9 Å². The van der Waals surface area contributed by atoms with Crippen LogP contribution in [0.25, 0.3) is 5.69 Å². The number of hydrogen-bond donors (Lipinski definition) is 1. The van der Waals surface area contributed by atoms with Gasteiger partial charge in [0.15, 0.2) is 0 Å². The highest BCUT2D eigenvalue weighted by atomic mass is 35.5. The number of benzene rings is 1. The molecule has 0 aliphatic rings. The van der Waals surface area contributed by atoms with Crippen LogP contribution < -0.4 is 5.73 Å². The van der Waals surface area contributed by atoms with Gasteiger partial charge in [0.2, 0.25) is 0 Å². The van der Waals surface area contributed by atoms with Gasteiger partial charge in [-0.3, -0.25) is 4.79 Å². The Bertz CT molecular complexity index is 697. The standard InChI is InChI=1S/C17H23FN4O.ClH/c1-12-15(16(23)21(4)11-17(2,3)10-19)9-20-22(12)14-7-5-13(18)6-8-14;/h5-9H,10-11,19H2,1-4H3;1H. The van der Waals surface area contributed by atoms with Gasteiger partial charge in [0.25, 0.3) is 5.91 Å². The van der Waals surface area contributed by atoms with Gasteiger partial charge in [-0.1, -0.05) is 13.8 Å². The second kappa shape index (κ2) is 7.77. The minimum Gasteiger partial charge on any atom is -0.341 e. The first-order chi connectivity index (χ1) is 10.7. The van der Waals surface area contributed by atoms with E-state index in [-0.39, 0.29) is 29.5 Å². The van der Waals surface area contributed by atoms with E-state index >= 15 is 0 Å². The van der Waals surface area contributed by atoms with Crippen LogP contribution in [0.4, 0.5) is 4.39 Å². The summed E-state index contributed by atoms with van der Waals surface area (Å²) in [4.78, 5) is 14.3. The smallest absolute Gasteiger partial charge is 0.257 e. The molecular formula is C17H24ClFN4O. The molecule has 0 spiro atoms. The van der Waals surface area contributed by atoms with Crippen LogP contribution in [0, 0.1) is 18.2 Å². The number of amides is 1. The molecule has 7 heteroatoms. The minimum atomic E-state index is -0.307. The van der Waals surface area contributed by atoms with Crippen molar-refractivity contribution in [1.82, 2.24) is 14.7 Å². The Labute approximate surface area is 148 Å². The lowest BCUT2D eigenvalue weighted by Crippen LogP contribution is -2.39. The van der Waals surface area contributed by atoms with E-state index in [1.165, 1.54) is 12.1 Å². The highest BCUT2D eigenvalue weighted by molar-refractivity contribution is 5.95. The molecule has 24 heavy (non-hydrogen) atoms. The SMILES string of the molecule is Cc1c(C(=O)N(C)CC(C)(C)CN)cnn1-c1ccc(F)cc1.Cl. The van der Waals surface area contributed by atoms with Crippen LogP contribution in [0.3, 0.4) is 0 Å². The maximum atomic E-state index is 13.0. The topological polar surface area (TPSA) is 64.2 Å². The van der Waals surface area contributed by atoms with Crippen LogP contribution in [0.15, 0.2) is 30.5 Å². The van der Waals surface area contributed by atoms with Crippen molar-refractivity contribution in [1.29, 1.82) is 0 Å². The molecule has 0 aliphatic heterocycles. The van der Waals surface area contributed by atoms with Crippen LogP contribution >= 0.6 is 12.4 Å². The van der Waals surface area contributed by atoms with Crippen molar-refractivity contribution < 1.29 is 9.18 Å². The van der Waals surface area contributed by atoms with E-state index in [0.29, 0.717) is 24.3 Å². The number of carbonyl (C=O) groups excluding carboxylic acids is 1. The lowest BCUT2D eigenvalue weighted by Gasteiger charge is -2.29. The van der Waals surface area contributed by atoms with E-state index in [4.69, 9.17) is 5.73 Å². The van der Waals surface area contributed by atoms with Gasteiger partial charge >= 0.3 is 0 Å². The van der Waals surface area contributed by atoms with Crippen LogP contribution in [0.2, 0.25) is 0 Å². The van der Waals surface area contributed by atoms with E-state index in [0.717, 1.165) is 5.69 Å². The maximum Gasteiger partial charge on any atom is 0.257 e. The van der Waals surface area contributed by atoms with Crippen molar-refractivity contribution in [3.63, 3.8) is 0 Å². The summed E-state index contributed by atoms with van der Waals surface area (Å²) in [5.41, 5.74) is 7.55. The summed E-state index contributed by atoms with van der Waals surface area (Å²) < 4.78 is 14.7. The Morgan fingerprint density at radius 2 is 1.92 bits per heavy atom. The van der Waals surface area contributed by atoms with E-state index in [1.54, 1.807) is 35.0 Å². The van der Waals surface area contributed by atoms with Crippen LogP contribution in [-0.4, -0.2) is 40.7 Å². The number of halogens is 2.